The molecule has 4 rings (SSSR count). The van der Waals surface area contributed by atoms with E-state index < -0.39 is 0 Å². The van der Waals surface area contributed by atoms with Crippen molar-refractivity contribution in [3.05, 3.63) is 59.7 Å². The summed E-state index contributed by atoms with van der Waals surface area (Å²) >= 11 is 0. The maximum Gasteiger partial charge on any atom is 0.0894 e. The van der Waals surface area contributed by atoms with Gasteiger partial charge in [-0.15, -0.1) is 0 Å². The summed E-state index contributed by atoms with van der Waals surface area (Å²) in [6.45, 7) is 2.14. The molecule has 1 heteroatoms. The van der Waals surface area contributed by atoms with E-state index >= 15 is 0 Å². The maximum absolute atomic E-state index is 12.5. The quantitative estimate of drug-likeness (QED) is 0.267. The SMILES string of the molecule is CCCCCc1ccc(-c2ccc(CCC3CCC(C4CCC(CCCF)CC4)CC3)cc2)cc1. The fraction of sp³-hybridized carbons (Fsp3) is 0.647. The Morgan fingerprint density at radius 2 is 1.06 bits per heavy atom. The Kier molecular flexibility index (Phi) is 10.7. The van der Waals surface area contributed by atoms with E-state index in [0.717, 1.165) is 36.5 Å². The number of aryl methyl sites for hydroxylation is 2. The molecular formula is C34H49F. The van der Waals surface area contributed by atoms with Gasteiger partial charge >= 0.3 is 0 Å². The molecule has 0 N–H and O–H groups in total. The summed E-state index contributed by atoms with van der Waals surface area (Å²) in [6.07, 6.45) is 21.0. The van der Waals surface area contributed by atoms with Gasteiger partial charge in [-0.1, -0.05) is 94.0 Å². The van der Waals surface area contributed by atoms with Gasteiger partial charge < -0.3 is 0 Å². The van der Waals surface area contributed by atoms with Crippen molar-refractivity contribution in [1.29, 1.82) is 0 Å². The predicted molar refractivity (Wildman–Crippen MR) is 150 cm³/mol. The number of benzene rings is 2. The molecule has 0 radical (unpaired) electrons. The monoisotopic (exact) mass is 476 g/mol. The molecule has 0 heterocycles. The first kappa shape index (κ1) is 26.4. The Morgan fingerprint density at radius 3 is 1.54 bits per heavy atom. The molecule has 2 aromatic carbocycles. The van der Waals surface area contributed by atoms with Crippen LogP contribution in [0.5, 0.6) is 0 Å². The van der Waals surface area contributed by atoms with Crippen LogP contribution in [0.1, 0.15) is 108 Å². The molecule has 0 spiro atoms. The van der Waals surface area contributed by atoms with E-state index in [4.69, 9.17) is 0 Å². The first-order valence-corrected chi connectivity index (χ1v) is 15.0. The predicted octanol–water partition coefficient (Wildman–Crippen LogP) is 10.4. The van der Waals surface area contributed by atoms with Crippen molar-refractivity contribution in [1.82, 2.24) is 0 Å². The van der Waals surface area contributed by atoms with E-state index in [0.29, 0.717) is 0 Å². The molecule has 2 saturated carbocycles. The highest BCUT2D eigenvalue weighted by Crippen LogP contribution is 2.43. The molecule has 0 bridgehead atoms. The normalized spacial score (nSPS) is 25.0. The third-order valence-electron chi connectivity index (χ3n) is 9.35. The molecule has 0 saturated heterocycles. The Morgan fingerprint density at radius 1 is 0.571 bits per heavy atom. The largest absolute Gasteiger partial charge is 0.251 e. The molecule has 2 aliphatic rings. The van der Waals surface area contributed by atoms with E-state index in [9.17, 15) is 4.39 Å². The lowest BCUT2D eigenvalue weighted by atomic mass is 9.68. The van der Waals surface area contributed by atoms with Gasteiger partial charge in [-0.3, -0.25) is 4.39 Å². The second kappa shape index (κ2) is 14.2. The zero-order valence-electron chi connectivity index (χ0n) is 22.3. The number of alkyl halides is 1. The third-order valence-corrected chi connectivity index (χ3v) is 9.35. The highest BCUT2D eigenvalue weighted by Gasteiger charge is 2.30. The molecule has 0 atom stereocenters. The highest BCUT2D eigenvalue weighted by molar-refractivity contribution is 5.64. The van der Waals surface area contributed by atoms with Gasteiger partial charge in [-0.25, -0.2) is 0 Å². The van der Waals surface area contributed by atoms with Crippen LogP contribution >= 0.6 is 0 Å². The van der Waals surface area contributed by atoms with Crippen molar-refractivity contribution < 1.29 is 4.39 Å². The second-order valence-electron chi connectivity index (χ2n) is 11.8. The van der Waals surface area contributed by atoms with Crippen LogP contribution in [-0.2, 0) is 12.8 Å². The Labute approximate surface area is 215 Å². The van der Waals surface area contributed by atoms with Crippen LogP contribution in [0.2, 0.25) is 0 Å². The molecule has 2 fully saturated rings. The van der Waals surface area contributed by atoms with Crippen LogP contribution < -0.4 is 0 Å². The third kappa shape index (κ3) is 8.19. The van der Waals surface area contributed by atoms with Gasteiger partial charge in [0.2, 0.25) is 0 Å². The smallest absolute Gasteiger partial charge is 0.0894 e. The maximum atomic E-state index is 12.5. The summed E-state index contributed by atoms with van der Waals surface area (Å²) in [5, 5.41) is 0. The Hall–Kier alpha value is -1.63. The van der Waals surface area contributed by atoms with Crippen molar-refractivity contribution >= 4 is 0 Å². The summed E-state index contributed by atoms with van der Waals surface area (Å²) in [7, 11) is 0. The number of unbranched alkanes of at least 4 members (excludes halogenated alkanes) is 2. The number of rotatable bonds is 12. The molecule has 0 unspecified atom stereocenters. The molecule has 0 amide bonds. The van der Waals surface area contributed by atoms with Crippen LogP contribution in [0.4, 0.5) is 4.39 Å². The molecule has 2 aliphatic carbocycles. The van der Waals surface area contributed by atoms with Crippen molar-refractivity contribution in [3.63, 3.8) is 0 Å². The lowest BCUT2D eigenvalue weighted by Crippen LogP contribution is -2.26. The second-order valence-corrected chi connectivity index (χ2v) is 11.8. The summed E-state index contributed by atoms with van der Waals surface area (Å²) in [5.74, 6) is 3.69. The van der Waals surface area contributed by atoms with Crippen molar-refractivity contribution in [2.24, 2.45) is 23.7 Å². The van der Waals surface area contributed by atoms with E-state index in [1.165, 1.54) is 112 Å². The topological polar surface area (TPSA) is 0 Å². The van der Waals surface area contributed by atoms with Crippen molar-refractivity contribution in [2.75, 3.05) is 6.67 Å². The average Bonchev–Trinajstić information content (AvgIpc) is 2.92. The van der Waals surface area contributed by atoms with Gasteiger partial charge in [0.25, 0.3) is 0 Å². The minimum absolute atomic E-state index is 0.124. The Bertz CT molecular complexity index is 820. The van der Waals surface area contributed by atoms with Crippen molar-refractivity contribution in [2.45, 2.75) is 110 Å². The van der Waals surface area contributed by atoms with Gasteiger partial charge in [0.1, 0.15) is 0 Å². The van der Waals surface area contributed by atoms with Crippen molar-refractivity contribution in [3.8, 4) is 11.1 Å². The van der Waals surface area contributed by atoms with Gasteiger partial charge in [0.05, 0.1) is 6.67 Å². The number of hydrogen-bond donors (Lipinski definition) is 0. The summed E-state index contributed by atoms with van der Waals surface area (Å²) in [4.78, 5) is 0. The lowest BCUT2D eigenvalue weighted by Gasteiger charge is -2.38. The van der Waals surface area contributed by atoms with Gasteiger partial charge in [0, 0.05) is 0 Å². The first-order chi connectivity index (χ1) is 17.2. The first-order valence-electron chi connectivity index (χ1n) is 15.0. The van der Waals surface area contributed by atoms with Crippen LogP contribution in [0.25, 0.3) is 11.1 Å². The van der Waals surface area contributed by atoms with E-state index in [2.05, 4.69) is 55.5 Å². The standard InChI is InChI=1S/C34H49F/c1-2-3-4-6-27-10-18-31(19-11-27)33-22-14-29(15-23-33)8-9-30-16-24-34(25-17-30)32-20-12-28(13-21-32)7-5-26-35/h10-11,14-15,18-19,22-23,28,30,32,34H,2-9,12-13,16-17,20-21,24-26H2,1H3. The number of halogens is 1. The van der Waals surface area contributed by atoms with E-state index in [-0.39, 0.29) is 6.67 Å². The number of hydrogen-bond acceptors (Lipinski definition) is 0. The zero-order valence-corrected chi connectivity index (χ0v) is 22.3. The van der Waals surface area contributed by atoms with E-state index in [1.807, 2.05) is 0 Å². The van der Waals surface area contributed by atoms with Gasteiger partial charge in [-0.05, 0) is 110 Å². The summed E-state index contributed by atoms with van der Waals surface area (Å²) < 4.78 is 12.5. The molecular weight excluding hydrogens is 427 g/mol. The molecule has 35 heavy (non-hydrogen) atoms. The van der Waals surface area contributed by atoms with E-state index in [1.54, 1.807) is 0 Å². The lowest BCUT2D eigenvalue weighted by molar-refractivity contribution is 0.140. The molecule has 2 aromatic rings. The summed E-state index contributed by atoms with van der Waals surface area (Å²) in [6, 6.07) is 18.6. The van der Waals surface area contributed by atoms with Crippen LogP contribution in [-0.4, -0.2) is 6.67 Å². The zero-order chi connectivity index (χ0) is 24.3. The highest BCUT2D eigenvalue weighted by atomic mass is 19.1. The van der Waals surface area contributed by atoms with Gasteiger partial charge in [0.15, 0.2) is 0 Å². The fourth-order valence-corrected chi connectivity index (χ4v) is 6.94. The molecule has 0 aromatic heterocycles. The van der Waals surface area contributed by atoms with Crippen LogP contribution in [0.15, 0.2) is 48.5 Å². The molecule has 192 valence electrons. The Balaban J connectivity index is 1.16. The van der Waals surface area contributed by atoms with Crippen LogP contribution in [0, 0.1) is 23.7 Å². The van der Waals surface area contributed by atoms with Gasteiger partial charge in [-0.2, -0.15) is 0 Å². The van der Waals surface area contributed by atoms with Crippen LogP contribution in [0.3, 0.4) is 0 Å². The molecule has 0 aliphatic heterocycles. The molecule has 0 nitrogen and oxygen atoms in total. The minimum atomic E-state index is -0.124. The fourth-order valence-electron chi connectivity index (χ4n) is 6.94. The summed E-state index contributed by atoms with van der Waals surface area (Å²) in [5.41, 5.74) is 5.65. The average molecular weight is 477 g/mol. The minimum Gasteiger partial charge on any atom is -0.251 e.